The summed E-state index contributed by atoms with van der Waals surface area (Å²) in [5, 5.41) is 9.33. The van der Waals surface area contributed by atoms with E-state index in [0.717, 1.165) is 58.3 Å². The van der Waals surface area contributed by atoms with E-state index in [1.54, 1.807) is 4.90 Å². The highest BCUT2D eigenvalue weighted by molar-refractivity contribution is 5.70. The van der Waals surface area contributed by atoms with Gasteiger partial charge in [0.25, 0.3) is 0 Å². The lowest BCUT2D eigenvalue weighted by molar-refractivity contribution is -0.0978. The first-order chi connectivity index (χ1) is 13.4. The number of hydrogen-bond acceptors (Lipinski definition) is 4. The zero-order valence-corrected chi connectivity index (χ0v) is 16.9. The number of nitrogens with zero attached hydrogens (tertiary/aromatic N) is 3. The van der Waals surface area contributed by atoms with Crippen molar-refractivity contribution in [3.8, 4) is 0 Å². The Balaban J connectivity index is 1.18. The Labute approximate surface area is 167 Å². The van der Waals surface area contributed by atoms with E-state index in [9.17, 15) is 14.7 Å². The third-order valence-corrected chi connectivity index (χ3v) is 8.36. The Morgan fingerprint density at radius 3 is 2.54 bits per heavy atom. The first-order valence-electron chi connectivity index (χ1n) is 11.1. The predicted octanol–water partition coefficient (Wildman–Crippen LogP) is 2.85. The lowest BCUT2D eigenvalue weighted by atomic mass is 9.54. The monoisotopic (exact) mass is 391 g/mol. The number of carbonyl (C=O) groups excluding carboxylic acids is 1. The molecular formula is C21H33N3O4. The van der Waals surface area contributed by atoms with Crippen molar-refractivity contribution in [1.82, 2.24) is 14.7 Å². The summed E-state index contributed by atoms with van der Waals surface area (Å²) in [6, 6.07) is 0.566. The molecule has 28 heavy (non-hydrogen) atoms. The Bertz CT molecular complexity index is 658. The van der Waals surface area contributed by atoms with E-state index in [-0.39, 0.29) is 17.1 Å². The zero-order valence-electron chi connectivity index (χ0n) is 16.9. The quantitative estimate of drug-likeness (QED) is 0.798. The maximum absolute atomic E-state index is 12.3. The number of carboxylic acid groups (broad SMARTS) is 1. The fraction of sp³-hybridized carbons (Fsp3) is 0.905. The van der Waals surface area contributed by atoms with Crippen molar-refractivity contribution in [1.29, 1.82) is 0 Å². The van der Waals surface area contributed by atoms with Crippen LogP contribution in [0.25, 0.3) is 0 Å². The average molecular weight is 392 g/mol. The van der Waals surface area contributed by atoms with Crippen molar-refractivity contribution in [3.63, 3.8) is 0 Å². The fourth-order valence-corrected chi connectivity index (χ4v) is 6.54. The molecule has 7 nitrogen and oxygen atoms in total. The van der Waals surface area contributed by atoms with Gasteiger partial charge in [0.15, 0.2) is 0 Å². The summed E-state index contributed by atoms with van der Waals surface area (Å²) < 4.78 is 5.89. The number of carbonyl (C=O) groups is 2. The Morgan fingerprint density at radius 1 is 1.18 bits per heavy atom. The second-order valence-electron chi connectivity index (χ2n) is 10.0. The number of hydrogen-bond donors (Lipinski definition) is 1. The highest BCUT2D eigenvalue weighted by Gasteiger charge is 2.59. The van der Waals surface area contributed by atoms with Crippen LogP contribution in [-0.2, 0) is 4.74 Å². The number of ether oxygens (including phenoxy) is 1. The van der Waals surface area contributed by atoms with E-state index >= 15 is 0 Å². The molecule has 2 saturated carbocycles. The van der Waals surface area contributed by atoms with Gasteiger partial charge in [-0.1, -0.05) is 13.3 Å². The van der Waals surface area contributed by atoms with Crippen LogP contribution < -0.4 is 0 Å². The maximum atomic E-state index is 12.3. The molecule has 5 rings (SSSR count). The van der Waals surface area contributed by atoms with E-state index in [2.05, 4.69) is 11.8 Å². The molecule has 0 aromatic carbocycles. The van der Waals surface area contributed by atoms with Crippen LogP contribution in [0.3, 0.4) is 0 Å². The van der Waals surface area contributed by atoms with Gasteiger partial charge in [-0.05, 0) is 42.9 Å². The van der Waals surface area contributed by atoms with Gasteiger partial charge < -0.3 is 19.6 Å². The first kappa shape index (κ1) is 18.5. The standard InChI is InChI=1S/C21H33N3O4/c1-2-16-17(11-20(16)5-8-23(13-20)18(25)26)22-9-6-21(7-10-22)14-24(19(27)28-21)12-15-3-4-15/h15-17H,2-14H2,1H3,(H,25,26). The summed E-state index contributed by atoms with van der Waals surface area (Å²) in [5.74, 6) is 1.29. The highest BCUT2D eigenvalue weighted by Crippen LogP contribution is 2.56. The molecule has 2 spiro atoms. The van der Waals surface area contributed by atoms with Crippen LogP contribution in [0.15, 0.2) is 0 Å². The Kier molecular flexibility index (Phi) is 4.30. The predicted molar refractivity (Wildman–Crippen MR) is 103 cm³/mol. The van der Waals surface area contributed by atoms with Crippen molar-refractivity contribution < 1.29 is 19.4 Å². The Morgan fingerprint density at radius 2 is 1.93 bits per heavy atom. The van der Waals surface area contributed by atoms with Crippen LogP contribution in [0.5, 0.6) is 0 Å². The molecule has 3 heterocycles. The third-order valence-electron chi connectivity index (χ3n) is 8.36. The average Bonchev–Trinajstić information content (AvgIpc) is 3.25. The number of amides is 2. The summed E-state index contributed by atoms with van der Waals surface area (Å²) in [6.45, 7) is 7.29. The van der Waals surface area contributed by atoms with Gasteiger partial charge in [-0.2, -0.15) is 0 Å². The molecule has 1 N–H and O–H groups in total. The minimum Gasteiger partial charge on any atom is -0.465 e. The topological polar surface area (TPSA) is 73.3 Å². The van der Waals surface area contributed by atoms with Crippen molar-refractivity contribution in [2.45, 2.75) is 63.5 Å². The lowest BCUT2D eigenvalue weighted by Gasteiger charge is -2.58. The van der Waals surface area contributed by atoms with Crippen LogP contribution in [0, 0.1) is 17.3 Å². The van der Waals surface area contributed by atoms with Crippen LogP contribution in [0.2, 0.25) is 0 Å². The van der Waals surface area contributed by atoms with Gasteiger partial charge in [0.05, 0.1) is 6.54 Å². The smallest absolute Gasteiger partial charge is 0.410 e. The molecule has 0 bridgehead atoms. The minimum absolute atomic E-state index is 0.103. The zero-order chi connectivity index (χ0) is 19.5. The molecule has 2 amide bonds. The minimum atomic E-state index is -0.770. The van der Waals surface area contributed by atoms with Gasteiger partial charge in [0, 0.05) is 51.6 Å². The van der Waals surface area contributed by atoms with Gasteiger partial charge in [-0.25, -0.2) is 9.59 Å². The summed E-state index contributed by atoms with van der Waals surface area (Å²) in [6.07, 6.45) is 6.75. The van der Waals surface area contributed by atoms with E-state index < -0.39 is 6.09 Å². The van der Waals surface area contributed by atoms with E-state index in [1.165, 1.54) is 12.8 Å². The molecule has 3 atom stereocenters. The SMILES string of the molecule is CCC1C(N2CCC3(CC2)CN(CC2CC2)C(=O)O3)CC12CCN(C(=O)O)C2. The summed E-state index contributed by atoms with van der Waals surface area (Å²) in [5.41, 5.74) is -0.0626. The van der Waals surface area contributed by atoms with E-state index in [0.29, 0.717) is 31.0 Å². The number of likely N-dealkylation sites (tertiary alicyclic amines) is 2. The molecule has 0 aromatic rings. The molecule has 7 heteroatoms. The van der Waals surface area contributed by atoms with Crippen molar-refractivity contribution in [3.05, 3.63) is 0 Å². The van der Waals surface area contributed by atoms with Crippen molar-refractivity contribution in [2.75, 3.05) is 39.3 Å². The second kappa shape index (κ2) is 6.51. The normalized spacial score (nSPS) is 37.5. The summed E-state index contributed by atoms with van der Waals surface area (Å²) in [7, 11) is 0. The molecule has 3 unspecified atom stereocenters. The second-order valence-corrected chi connectivity index (χ2v) is 10.0. The van der Waals surface area contributed by atoms with E-state index in [1.807, 2.05) is 4.90 Å². The summed E-state index contributed by atoms with van der Waals surface area (Å²) >= 11 is 0. The molecule has 0 aromatic heterocycles. The number of rotatable bonds is 4. The molecule has 0 radical (unpaired) electrons. The Hall–Kier alpha value is -1.50. The van der Waals surface area contributed by atoms with Gasteiger partial charge in [-0.15, -0.1) is 0 Å². The van der Waals surface area contributed by atoms with E-state index in [4.69, 9.17) is 4.74 Å². The van der Waals surface area contributed by atoms with Crippen molar-refractivity contribution >= 4 is 12.2 Å². The van der Waals surface area contributed by atoms with Gasteiger partial charge in [0.1, 0.15) is 5.60 Å². The van der Waals surface area contributed by atoms with Gasteiger partial charge >= 0.3 is 12.2 Å². The fourth-order valence-electron chi connectivity index (χ4n) is 6.54. The van der Waals surface area contributed by atoms with Crippen molar-refractivity contribution in [2.24, 2.45) is 17.3 Å². The van der Waals surface area contributed by atoms with Crippen LogP contribution in [0.1, 0.15) is 51.9 Å². The first-order valence-corrected chi connectivity index (χ1v) is 11.1. The molecule has 3 aliphatic heterocycles. The highest BCUT2D eigenvalue weighted by atomic mass is 16.6. The maximum Gasteiger partial charge on any atom is 0.410 e. The van der Waals surface area contributed by atoms with Gasteiger partial charge in [-0.3, -0.25) is 4.90 Å². The third kappa shape index (κ3) is 2.97. The number of piperidine rings is 1. The van der Waals surface area contributed by atoms with Crippen LogP contribution in [-0.4, -0.2) is 82.9 Å². The summed E-state index contributed by atoms with van der Waals surface area (Å²) in [4.78, 5) is 29.8. The molecule has 5 fully saturated rings. The molecule has 5 aliphatic rings. The lowest BCUT2D eigenvalue weighted by Crippen LogP contribution is -2.62. The largest absolute Gasteiger partial charge is 0.465 e. The molecule has 156 valence electrons. The van der Waals surface area contributed by atoms with Crippen LogP contribution >= 0.6 is 0 Å². The molecule has 2 aliphatic carbocycles. The van der Waals surface area contributed by atoms with Crippen LogP contribution in [0.4, 0.5) is 9.59 Å². The molecular weight excluding hydrogens is 358 g/mol. The van der Waals surface area contributed by atoms with Gasteiger partial charge in [0.2, 0.25) is 0 Å². The molecule has 3 saturated heterocycles.